The van der Waals surface area contributed by atoms with E-state index in [0.29, 0.717) is 12.0 Å². The first-order valence-corrected chi connectivity index (χ1v) is 10.2. The summed E-state index contributed by atoms with van der Waals surface area (Å²) in [7, 11) is 0. The van der Waals surface area contributed by atoms with Crippen molar-refractivity contribution < 1.29 is 5.11 Å². The van der Waals surface area contributed by atoms with Crippen LogP contribution < -0.4 is 0 Å². The van der Waals surface area contributed by atoms with Crippen LogP contribution in [0.4, 0.5) is 0 Å². The Labute approximate surface area is 155 Å². The van der Waals surface area contributed by atoms with E-state index in [1.807, 2.05) is 10.9 Å². The average Bonchev–Trinajstić information content (AvgIpc) is 3.01. The Kier molecular flexibility index (Phi) is 8.11. The van der Waals surface area contributed by atoms with E-state index in [1.165, 1.54) is 25.7 Å². The molecule has 4 heteroatoms. The minimum atomic E-state index is -0.755. The third kappa shape index (κ3) is 6.09. The number of rotatable bonds is 12. The lowest BCUT2D eigenvalue weighted by Gasteiger charge is -2.42. The van der Waals surface area contributed by atoms with Gasteiger partial charge in [-0.2, -0.15) is 0 Å². The lowest BCUT2D eigenvalue weighted by atomic mass is 9.71. The van der Waals surface area contributed by atoms with Gasteiger partial charge < -0.3 is 5.11 Å². The van der Waals surface area contributed by atoms with Gasteiger partial charge in [0, 0.05) is 0 Å². The molecule has 0 aliphatic heterocycles. The van der Waals surface area contributed by atoms with E-state index >= 15 is 0 Å². The molecule has 1 heterocycles. The normalized spacial score (nSPS) is 15.4. The SMILES string of the molecule is CCC(C)(C)CCCCCc1cnnn1C[C@](O)(CC)C(C)(C)CC. The summed E-state index contributed by atoms with van der Waals surface area (Å²) < 4.78 is 1.93. The molecule has 0 saturated heterocycles. The maximum Gasteiger partial charge on any atom is 0.0891 e. The van der Waals surface area contributed by atoms with Gasteiger partial charge in [-0.25, -0.2) is 4.68 Å². The molecule has 4 nitrogen and oxygen atoms in total. The van der Waals surface area contributed by atoms with Crippen LogP contribution in [0.3, 0.4) is 0 Å². The summed E-state index contributed by atoms with van der Waals surface area (Å²) in [6.45, 7) is 16.0. The molecule has 0 aliphatic carbocycles. The highest BCUT2D eigenvalue weighted by Gasteiger charge is 2.41. The van der Waals surface area contributed by atoms with Crippen molar-refractivity contribution in [3.8, 4) is 0 Å². The molecule has 0 spiro atoms. The molecule has 25 heavy (non-hydrogen) atoms. The molecule has 0 amide bonds. The predicted octanol–water partition coefficient (Wildman–Crippen LogP) is 5.39. The highest BCUT2D eigenvalue weighted by atomic mass is 16.3. The van der Waals surface area contributed by atoms with Crippen molar-refractivity contribution in [1.29, 1.82) is 0 Å². The van der Waals surface area contributed by atoms with Crippen molar-refractivity contribution in [2.45, 2.75) is 112 Å². The number of aromatic nitrogens is 3. The van der Waals surface area contributed by atoms with E-state index in [1.54, 1.807) is 0 Å². The zero-order valence-corrected chi connectivity index (χ0v) is 17.7. The highest BCUT2D eigenvalue weighted by molar-refractivity contribution is 4.98. The Hall–Kier alpha value is -0.900. The number of unbranched alkanes of at least 4 members (excludes halogenated alkanes) is 2. The second-order valence-electron chi connectivity index (χ2n) is 9.08. The Morgan fingerprint density at radius 1 is 0.960 bits per heavy atom. The number of nitrogens with zero attached hydrogens (tertiary/aromatic N) is 3. The maximum absolute atomic E-state index is 11.2. The Bertz CT molecular complexity index is 507. The van der Waals surface area contributed by atoms with Crippen molar-refractivity contribution in [2.24, 2.45) is 10.8 Å². The molecule has 1 N–H and O–H groups in total. The Balaban J connectivity index is 2.59. The summed E-state index contributed by atoms with van der Waals surface area (Å²) >= 11 is 0. The van der Waals surface area contributed by atoms with Crippen LogP contribution in [0.1, 0.15) is 99.1 Å². The quantitative estimate of drug-likeness (QED) is 0.513. The molecule has 0 fully saturated rings. The Morgan fingerprint density at radius 2 is 1.64 bits per heavy atom. The van der Waals surface area contributed by atoms with Gasteiger partial charge in [-0.1, -0.05) is 72.9 Å². The van der Waals surface area contributed by atoms with Crippen LogP contribution >= 0.6 is 0 Å². The lowest BCUT2D eigenvalue weighted by Crippen LogP contribution is -2.47. The van der Waals surface area contributed by atoms with Gasteiger partial charge in [0.2, 0.25) is 0 Å². The fourth-order valence-electron chi connectivity index (χ4n) is 3.25. The zero-order chi connectivity index (χ0) is 19.1. The largest absolute Gasteiger partial charge is 0.387 e. The molecule has 0 aromatic carbocycles. The highest BCUT2D eigenvalue weighted by Crippen LogP contribution is 2.38. The van der Waals surface area contributed by atoms with E-state index in [4.69, 9.17) is 0 Å². The molecule has 0 radical (unpaired) electrons. The number of aryl methyl sites for hydroxylation is 1. The molecule has 1 aromatic heterocycles. The molecular formula is C21H41N3O. The number of hydrogen-bond acceptors (Lipinski definition) is 3. The van der Waals surface area contributed by atoms with Gasteiger partial charge >= 0.3 is 0 Å². The molecule has 1 rings (SSSR count). The second-order valence-corrected chi connectivity index (χ2v) is 9.08. The first-order chi connectivity index (χ1) is 11.6. The van der Waals surface area contributed by atoms with Crippen LogP contribution in [0, 0.1) is 10.8 Å². The first kappa shape index (κ1) is 22.1. The molecule has 0 bridgehead atoms. The number of hydrogen-bond donors (Lipinski definition) is 1. The fourth-order valence-corrected chi connectivity index (χ4v) is 3.25. The van der Waals surface area contributed by atoms with E-state index < -0.39 is 5.60 Å². The first-order valence-electron chi connectivity index (χ1n) is 10.2. The van der Waals surface area contributed by atoms with Gasteiger partial charge in [0.05, 0.1) is 24.0 Å². The van der Waals surface area contributed by atoms with Gasteiger partial charge in [-0.15, -0.1) is 5.10 Å². The van der Waals surface area contributed by atoms with Crippen LogP contribution in [0.25, 0.3) is 0 Å². The predicted molar refractivity (Wildman–Crippen MR) is 106 cm³/mol. The monoisotopic (exact) mass is 351 g/mol. The van der Waals surface area contributed by atoms with Crippen LogP contribution in [0.15, 0.2) is 6.20 Å². The van der Waals surface area contributed by atoms with E-state index in [0.717, 1.165) is 31.4 Å². The molecule has 1 aromatic rings. The molecule has 0 saturated carbocycles. The van der Waals surface area contributed by atoms with Crippen LogP contribution in [0.5, 0.6) is 0 Å². The number of aliphatic hydroxyl groups is 1. The Morgan fingerprint density at radius 3 is 2.20 bits per heavy atom. The standard InChI is InChI=1S/C21H41N3O/c1-8-19(4,5)15-13-11-12-14-18-16-22-23-24(18)17-21(25,10-3)20(6,7)9-2/h16,25H,8-15,17H2,1-7H3/t21-/m1/s1. The molecule has 1 atom stereocenters. The van der Waals surface area contributed by atoms with Crippen molar-refractivity contribution >= 4 is 0 Å². The fraction of sp³-hybridized carbons (Fsp3) is 0.905. The summed E-state index contributed by atoms with van der Waals surface area (Å²) in [6.07, 6.45) is 10.7. The summed E-state index contributed by atoms with van der Waals surface area (Å²) in [5.74, 6) is 0. The van der Waals surface area contributed by atoms with Crippen molar-refractivity contribution in [1.82, 2.24) is 15.0 Å². The van der Waals surface area contributed by atoms with E-state index in [2.05, 4.69) is 58.8 Å². The minimum absolute atomic E-state index is 0.142. The van der Waals surface area contributed by atoms with Crippen molar-refractivity contribution in [3.05, 3.63) is 11.9 Å². The van der Waals surface area contributed by atoms with Gasteiger partial charge in [0.15, 0.2) is 0 Å². The van der Waals surface area contributed by atoms with Crippen LogP contribution in [-0.2, 0) is 13.0 Å². The average molecular weight is 352 g/mol. The summed E-state index contributed by atoms with van der Waals surface area (Å²) in [4.78, 5) is 0. The van der Waals surface area contributed by atoms with Gasteiger partial charge in [0.1, 0.15) is 0 Å². The minimum Gasteiger partial charge on any atom is -0.387 e. The second kappa shape index (κ2) is 9.16. The third-order valence-electron chi connectivity index (χ3n) is 6.58. The van der Waals surface area contributed by atoms with Gasteiger partial charge in [-0.05, 0) is 42.9 Å². The van der Waals surface area contributed by atoms with E-state index in [9.17, 15) is 5.11 Å². The topological polar surface area (TPSA) is 50.9 Å². The zero-order valence-electron chi connectivity index (χ0n) is 17.7. The maximum atomic E-state index is 11.2. The molecule has 0 aliphatic rings. The summed E-state index contributed by atoms with van der Waals surface area (Å²) in [5.41, 5.74) is 0.715. The molecular weight excluding hydrogens is 310 g/mol. The van der Waals surface area contributed by atoms with Gasteiger partial charge in [-0.3, -0.25) is 0 Å². The smallest absolute Gasteiger partial charge is 0.0891 e. The summed E-state index contributed by atoms with van der Waals surface area (Å²) in [6, 6.07) is 0. The molecule has 146 valence electrons. The van der Waals surface area contributed by atoms with Crippen molar-refractivity contribution in [3.63, 3.8) is 0 Å². The third-order valence-corrected chi connectivity index (χ3v) is 6.58. The lowest BCUT2D eigenvalue weighted by molar-refractivity contribution is -0.0875. The molecule has 0 unspecified atom stereocenters. The van der Waals surface area contributed by atoms with Gasteiger partial charge in [0.25, 0.3) is 0 Å². The van der Waals surface area contributed by atoms with E-state index in [-0.39, 0.29) is 5.41 Å². The van der Waals surface area contributed by atoms with Crippen LogP contribution in [0.2, 0.25) is 0 Å². The van der Waals surface area contributed by atoms with Crippen LogP contribution in [-0.4, -0.2) is 25.7 Å². The summed E-state index contributed by atoms with van der Waals surface area (Å²) in [5, 5.41) is 19.5. The van der Waals surface area contributed by atoms with Crippen molar-refractivity contribution in [2.75, 3.05) is 0 Å².